The summed E-state index contributed by atoms with van der Waals surface area (Å²) in [6.45, 7) is 3.67. The molecule has 2 aromatic carbocycles. The summed E-state index contributed by atoms with van der Waals surface area (Å²) in [6, 6.07) is 10.4. The van der Waals surface area contributed by atoms with Crippen LogP contribution in [0.4, 0.5) is 9.18 Å². The zero-order valence-corrected chi connectivity index (χ0v) is 21.8. The summed E-state index contributed by atoms with van der Waals surface area (Å²) in [5.74, 6) is -0.420. The highest BCUT2D eigenvalue weighted by molar-refractivity contribution is 9.10. The fourth-order valence-electron chi connectivity index (χ4n) is 3.58. The highest BCUT2D eigenvalue weighted by Crippen LogP contribution is 2.27. The molecular weight excluding hydrogens is 535 g/mol. The van der Waals surface area contributed by atoms with E-state index in [4.69, 9.17) is 4.74 Å². The summed E-state index contributed by atoms with van der Waals surface area (Å²) in [5.41, 5.74) is 5.30. The average Bonchev–Trinajstić information content (AvgIpc) is 2.85. The molecule has 11 heteroatoms. The largest absolute Gasteiger partial charge is 0.487 e. The lowest BCUT2D eigenvalue weighted by Crippen LogP contribution is -2.34. The van der Waals surface area contributed by atoms with Gasteiger partial charge >= 0.3 is 6.03 Å². The first-order valence-electron chi connectivity index (χ1n) is 10.9. The number of halogens is 2. The van der Waals surface area contributed by atoms with Crippen LogP contribution in [0.25, 0.3) is 5.69 Å². The van der Waals surface area contributed by atoms with Gasteiger partial charge in [-0.15, -0.1) is 0 Å². The van der Waals surface area contributed by atoms with Crippen molar-refractivity contribution in [3.05, 3.63) is 91.1 Å². The first kappa shape index (κ1) is 26.9. The molecule has 0 aliphatic rings. The molecule has 0 spiro atoms. The molecule has 0 unspecified atom stereocenters. The van der Waals surface area contributed by atoms with Gasteiger partial charge in [0.25, 0.3) is 11.5 Å². The molecule has 0 aliphatic carbocycles. The van der Waals surface area contributed by atoms with E-state index in [9.17, 15) is 18.8 Å². The smallest absolute Gasteiger partial charge is 0.338 e. The van der Waals surface area contributed by atoms with Crippen LogP contribution >= 0.6 is 15.9 Å². The van der Waals surface area contributed by atoms with Crippen molar-refractivity contribution < 1.29 is 23.6 Å². The Balaban J connectivity index is 1.89. The van der Waals surface area contributed by atoms with Crippen LogP contribution in [0.2, 0.25) is 0 Å². The lowest BCUT2D eigenvalue weighted by Gasteiger charge is -2.18. The van der Waals surface area contributed by atoms with Crippen LogP contribution < -0.4 is 26.4 Å². The minimum absolute atomic E-state index is 0.0237. The first-order chi connectivity index (χ1) is 17.2. The molecule has 0 saturated heterocycles. The number of aromatic nitrogens is 1. The fourth-order valence-corrected chi connectivity index (χ4v) is 3.99. The van der Waals surface area contributed by atoms with Crippen LogP contribution in [0.5, 0.6) is 5.75 Å². The molecule has 0 atom stereocenters. The fraction of sp³-hybridized carbons (Fsp3) is 0.240. The van der Waals surface area contributed by atoms with Gasteiger partial charge in [0, 0.05) is 30.9 Å². The van der Waals surface area contributed by atoms with Crippen molar-refractivity contribution in [1.82, 2.24) is 20.7 Å². The maximum absolute atomic E-state index is 13.8. The maximum Gasteiger partial charge on any atom is 0.338 e. The zero-order valence-electron chi connectivity index (χ0n) is 20.2. The number of rotatable bonds is 8. The summed E-state index contributed by atoms with van der Waals surface area (Å²) in [5, 5.41) is 5.13. The van der Waals surface area contributed by atoms with E-state index in [1.165, 1.54) is 23.8 Å². The standard InChI is InChI=1S/C25H26BrFN4O5/c1-14-5-6-16(23(32)28-3)11-20(14)31-15(2)9-21(22(26)24(31)33)36-13-17-7-8-19(27)10-18(17)12-29-25(34)30-35-4/h5-11H,12-13H2,1-4H3,(H,28,32)(H2,29,30,34). The SMILES string of the molecule is CNC(=O)c1ccc(C)c(-n2c(C)cc(OCc3ccc(F)cc3CNC(=O)NOC)c(Br)c2=O)c1. The number of nitrogens with one attached hydrogen (secondary N) is 3. The third-order valence-electron chi connectivity index (χ3n) is 5.42. The van der Waals surface area contributed by atoms with Gasteiger partial charge in [-0.1, -0.05) is 12.1 Å². The van der Waals surface area contributed by atoms with Crippen LogP contribution in [-0.2, 0) is 18.0 Å². The summed E-state index contributed by atoms with van der Waals surface area (Å²) in [6.07, 6.45) is 0. The Morgan fingerprint density at radius 3 is 2.53 bits per heavy atom. The number of hydroxylamine groups is 1. The van der Waals surface area contributed by atoms with E-state index in [1.54, 1.807) is 44.3 Å². The van der Waals surface area contributed by atoms with E-state index in [-0.39, 0.29) is 29.1 Å². The monoisotopic (exact) mass is 560 g/mol. The molecule has 3 amide bonds. The number of pyridine rings is 1. The van der Waals surface area contributed by atoms with Gasteiger partial charge in [-0.2, -0.15) is 0 Å². The second-order valence-corrected chi connectivity index (χ2v) is 8.67. The van der Waals surface area contributed by atoms with Crippen molar-refractivity contribution >= 4 is 27.9 Å². The number of aryl methyl sites for hydroxylation is 2. The summed E-state index contributed by atoms with van der Waals surface area (Å²) >= 11 is 3.34. The molecule has 9 nitrogen and oxygen atoms in total. The number of carbonyl (C=O) groups excluding carboxylic acids is 2. The minimum atomic E-state index is -0.577. The Hall–Kier alpha value is -3.70. The second-order valence-electron chi connectivity index (χ2n) is 7.88. The Kier molecular flexibility index (Phi) is 8.83. The predicted molar refractivity (Wildman–Crippen MR) is 136 cm³/mol. The van der Waals surface area contributed by atoms with Crippen LogP contribution in [-0.4, -0.2) is 30.7 Å². The quantitative estimate of drug-likeness (QED) is 0.364. The topological polar surface area (TPSA) is 111 Å². The van der Waals surface area contributed by atoms with Crippen molar-refractivity contribution in [2.75, 3.05) is 14.2 Å². The van der Waals surface area contributed by atoms with Crippen molar-refractivity contribution in [3.8, 4) is 11.4 Å². The van der Waals surface area contributed by atoms with E-state index < -0.39 is 11.8 Å². The van der Waals surface area contributed by atoms with Gasteiger partial charge in [-0.25, -0.2) is 14.7 Å². The number of amides is 3. The van der Waals surface area contributed by atoms with Crippen LogP contribution in [0.15, 0.2) is 51.7 Å². The molecule has 3 N–H and O–H groups in total. The number of hydrogen-bond acceptors (Lipinski definition) is 5. The van der Waals surface area contributed by atoms with Gasteiger partial charge in [0.15, 0.2) is 0 Å². The molecule has 0 bridgehead atoms. The van der Waals surface area contributed by atoms with Crippen molar-refractivity contribution in [3.63, 3.8) is 0 Å². The van der Waals surface area contributed by atoms with E-state index in [1.807, 2.05) is 6.92 Å². The third-order valence-corrected chi connectivity index (χ3v) is 6.15. The maximum atomic E-state index is 13.8. The molecule has 36 heavy (non-hydrogen) atoms. The van der Waals surface area contributed by atoms with Gasteiger partial charge in [0.1, 0.15) is 22.6 Å². The van der Waals surface area contributed by atoms with Gasteiger partial charge in [0.2, 0.25) is 0 Å². The highest BCUT2D eigenvalue weighted by atomic mass is 79.9. The predicted octanol–water partition coefficient (Wildman–Crippen LogP) is 3.66. The molecule has 0 aliphatic heterocycles. The van der Waals surface area contributed by atoms with Gasteiger partial charge < -0.3 is 15.4 Å². The summed E-state index contributed by atoms with van der Waals surface area (Å²) in [4.78, 5) is 41.6. The Morgan fingerprint density at radius 2 is 1.83 bits per heavy atom. The molecule has 0 saturated carbocycles. The molecule has 190 valence electrons. The summed E-state index contributed by atoms with van der Waals surface area (Å²) < 4.78 is 21.4. The third kappa shape index (κ3) is 6.10. The number of benzene rings is 2. The lowest BCUT2D eigenvalue weighted by atomic mass is 10.1. The number of urea groups is 1. The number of carbonyl (C=O) groups is 2. The van der Waals surface area contributed by atoms with Crippen molar-refractivity contribution in [1.29, 1.82) is 0 Å². The second kappa shape index (κ2) is 11.8. The average molecular weight is 561 g/mol. The Morgan fingerprint density at radius 1 is 1.08 bits per heavy atom. The van der Waals surface area contributed by atoms with Crippen molar-refractivity contribution in [2.45, 2.75) is 27.0 Å². The van der Waals surface area contributed by atoms with Crippen LogP contribution in [0, 0.1) is 19.7 Å². The van der Waals surface area contributed by atoms with E-state index in [2.05, 4.69) is 36.9 Å². The molecule has 0 fully saturated rings. The van der Waals surface area contributed by atoms with E-state index in [0.29, 0.717) is 33.8 Å². The van der Waals surface area contributed by atoms with Gasteiger partial charge in [0.05, 0.1) is 12.8 Å². The molecule has 1 heterocycles. The van der Waals surface area contributed by atoms with E-state index in [0.717, 1.165) is 5.56 Å². The van der Waals surface area contributed by atoms with Crippen LogP contribution in [0.3, 0.4) is 0 Å². The Labute approximate surface area is 215 Å². The number of ether oxygens (including phenoxy) is 1. The van der Waals surface area contributed by atoms with Crippen molar-refractivity contribution in [2.24, 2.45) is 0 Å². The van der Waals surface area contributed by atoms with Gasteiger partial charge in [-0.05, 0) is 70.7 Å². The normalized spacial score (nSPS) is 10.6. The molecule has 3 aromatic rings. The molecule has 1 aromatic heterocycles. The zero-order chi connectivity index (χ0) is 26.4. The molecule has 3 rings (SSSR count). The summed E-state index contributed by atoms with van der Waals surface area (Å²) in [7, 11) is 2.84. The first-order valence-corrected chi connectivity index (χ1v) is 11.7. The lowest BCUT2D eigenvalue weighted by molar-refractivity contribution is 0.0963. The number of hydrogen-bond donors (Lipinski definition) is 3. The molecular formula is C25H26BrFN4O5. The Bertz CT molecular complexity index is 1360. The number of nitrogens with zero attached hydrogens (tertiary/aromatic N) is 1. The van der Waals surface area contributed by atoms with Gasteiger partial charge in [-0.3, -0.25) is 19.0 Å². The highest BCUT2D eigenvalue weighted by Gasteiger charge is 2.17. The molecule has 0 radical (unpaired) electrons. The van der Waals surface area contributed by atoms with E-state index >= 15 is 0 Å². The van der Waals surface area contributed by atoms with Crippen LogP contribution in [0.1, 0.15) is 32.7 Å². The minimum Gasteiger partial charge on any atom is -0.487 e.